The molecule has 0 aromatic carbocycles. The van der Waals surface area contributed by atoms with Crippen molar-refractivity contribution in [3.05, 3.63) is 41.7 Å². The number of sulfonamides is 1. The highest BCUT2D eigenvalue weighted by atomic mass is 32.2. The number of likely N-dealkylation sites (tertiary alicyclic amines) is 1. The summed E-state index contributed by atoms with van der Waals surface area (Å²) in [6.07, 6.45) is 4.78. The Morgan fingerprint density at radius 3 is 2.52 bits per heavy atom. The van der Waals surface area contributed by atoms with Crippen LogP contribution in [0.5, 0.6) is 0 Å². The second kappa shape index (κ2) is 9.20. The lowest BCUT2D eigenvalue weighted by Crippen LogP contribution is -2.48. The minimum absolute atomic E-state index is 0.0619. The van der Waals surface area contributed by atoms with Crippen molar-refractivity contribution in [3.63, 3.8) is 0 Å². The van der Waals surface area contributed by atoms with Crippen LogP contribution >= 0.6 is 11.3 Å². The number of carbonyl (C=O) groups is 1. The summed E-state index contributed by atoms with van der Waals surface area (Å²) in [4.78, 5) is 20.7. The smallest absolute Gasteiger partial charge is 0.311 e. The van der Waals surface area contributed by atoms with Crippen LogP contribution in [-0.4, -0.2) is 78.0 Å². The Kier molecular flexibility index (Phi) is 6.13. The maximum absolute atomic E-state index is 13.2. The molecule has 12 heteroatoms. The predicted molar refractivity (Wildman–Crippen MR) is 123 cm³/mol. The van der Waals surface area contributed by atoms with Gasteiger partial charge >= 0.3 is 11.8 Å². The number of aromatic nitrogens is 3. The van der Waals surface area contributed by atoms with Gasteiger partial charge in [0.15, 0.2) is 0 Å². The molecule has 2 fully saturated rings. The summed E-state index contributed by atoms with van der Waals surface area (Å²) >= 11 is 1.11. The molecule has 174 valence electrons. The summed E-state index contributed by atoms with van der Waals surface area (Å²) < 4.78 is 33.6. The molecule has 0 N–H and O–H groups in total. The van der Waals surface area contributed by atoms with Crippen LogP contribution in [0.25, 0.3) is 11.5 Å². The number of hydrogen-bond acceptors (Lipinski definition) is 9. The van der Waals surface area contributed by atoms with Gasteiger partial charge in [-0.1, -0.05) is 6.07 Å². The third kappa shape index (κ3) is 4.50. The van der Waals surface area contributed by atoms with E-state index in [4.69, 9.17) is 4.42 Å². The summed E-state index contributed by atoms with van der Waals surface area (Å²) in [6, 6.07) is 7.23. The topological polar surface area (TPSA) is 113 Å². The van der Waals surface area contributed by atoms with Crippen LogP contribution in [0.2, 0.25) is 0 Å². The maximum Gasteiger partial charge on any atom is 0.311 e. The quantitative estimate of drug-likeness (QED) is 0.538. The number of rotatable bonds is 5. The van der Waals surface area contributed by atoms with Gasteiger partial charge < -0.3 is 14.2 Å². The van der Waals surface area contributed by atoms with Crippen LogP contribution in [0.3, 0.4) is 0 Å². The molecule has 2 aliphatic rings. The first-order valence-electron chi connectivity index (χ1n) is 10.9. The van der Waals surface area contributed by atoms with E-state index < -0.39 is 10.0 Å². The Balaban J connectivity index is 1.26. The van der Waals surface area contributed by atoms with Crippen molar-refractivity contribution in [1.82, 2.24) is 24.4 Å². The number of amides is 1. The van der Waals surface area contributed by atoms with Crippen LogP contribution in [0.1, 0.15) is 29.9 Å². The molecule has 3 aromatic rings. The fraction of sp³-hybridized carbons (Fsp3) is 0.429. The molecular formula is C21H24N6O4S2. The number of piperidine rings is 1. The van der Waals surface area contributed by atoms with E-state index in [1.54, 1.807) is 16.5 Å². The summed E-state index contributed by atoms with van der Waals surface area (Å²) in [5.74, 6) is 0.655. The molecule has 33 heavy (non-hydrogen) atoms. The summed E-state index contributed by atoms with van der Waals surface area (Å²) in [6.45, 7) is 3.26. The van der Waals surface area contributed by atoms with Gasteiger partial charge in [0.25, 0.3) is 10.0 Å². The molecule has 0 spiro atoms. The van der Waals surface area contributed by atoms with Gasteiger partial charge in [0.05, 0.1) is 5.56 Å². The number of anilines is 1. The molecule has 2 saturated heterocycles. The molecule has 2 aliphatic heterocycles. The normalized spacial score (nSPS) is 17.9. The Labute approximate surface area is 195 Å². The molecule has 5 rings (SSSR count). The molecule has 0 radical (unpaired) electrons. The summed E-state index contributed by atoms with van der Waals surface area (Å²) in [5.41, 5.74) is 0.496. The monoisotopic (exact) mass is 488 g/mol. The number of pyridine rings is 1. The third-order valence-electron chi connectivity index (χ3n) is 5.88. The van der Waals surface area contributed by atoms with Crippen molar-refractivity contribution in [2.45, 2.75) is 23.5 Å². The lowest BCUT2D eigenvalue weighted by atomic mass is 10.1. The van der Waals surface area contributed by atoms with Gasteiger partial charge in [0.2, 0.25) is 5.89 Å². The molecule has 3 aromatic heterocycles. The molecule has 0 bridgehead atoms. The van der Waals surface area contributed by atoms with Gasteiger partial charge in [-0.25, -0.2) is 13.4 Å². The van der Waals surface area contributed by atoms with Crippen molar-refractivity contribution >= 4 is 33.1 Å². The van der Waals surface area contributed by atoms with E-state index in [1.165, 1.54) is 10.4 Å². The van der Waals surface area contributed by atoms with Gasteiger partial charge in [-0.05, 0) is 37.5 Å². The van der Waals surface area contributed by atoms with E-state index >= 15 is 0 Å². The van der Waals surface area contributed by atoms with E-state index in [0.29, 0.717) is 44.8 Å². The fourth-order valence-corrected chi connectivity index (χ4v) is 6.78. The second-order valence-corrected chi connectivity index (χ2v) is 11.1. The first kappa shape index (κ1) is 22.0. The lowest BCUT2D eigenvalue weighted by molar-refractivity contribution is 0.0684. The highest BCUT2D eigenvalue weighted by molar-refractivity contribution is 7.91. The Morgan fingerprint density at radius 2 is 1.79 bits per heavy atom. The molecule has 0 saturated carbocycles. The zero-order chi connectivity index (χ0) is 22.8. The third-order valence-corrected chi connectivity index (χ3v) is 9.19. The van der Waals surface area contributed by atoms with E-state index in [-0.39, 0.29) is 21.9 Å². The van der Waals surface area contributed by atoms with E-state index in [1.807, 2.05) is 18.2 Å². The SMILES string of the molecule is O=C(c1nnc(-c2csc(S(=O)(=O)N3CCN(c4ccccn4)CC3)c2)o1)N1CCCCC1. The van der Waals surface area contributed by atoms with Crippen LogP contribution in [0.4, 0.5) is 5.82 Å². The van der Waals surface area contributed by atoms with Crippen molar-refractivity contribution in [2.24, 2.45) is 0 Å². The van der Waals surface area contributed by atoms with Gasteiger partial charge in [-0.2, -0.15) is 4.31 Å². The number of piperazine rings is 1. The molecule has 0 aliphatic carbocycles. The molecular weight excluding hydrogens is 464 g/mol. The predicted octanol–water partition coefficient (Wildman–Crippen LogP) is 2.33. The Morgan fingerprint density at radius 1 is 1.00 bits per heavy atom. The first-order valence-corrected chi connectivity index (χ1v) is 13.2. The van der Waals surface area contributed by atoms with Crippen LogP contribution in [0.15, 0.2) is 44.5 Å². The summed E-state index contributed by atoms with van der Waals surface area (Å²) in [7, 11) is -3.64. The van der Waals surface area contributed by atoms with Gasteiger partial charge in [-0.15, -0.1) is 21.5 Å². The van der Waals surface area contributed by atoms with Crippen LogP contribution in [0, 0.1) is 0 Å². The molecule has 0 unspecified atom stereocenters. The standard InChI is InChI=1S/C21H24N6O4S2/c28-21(26-8-4-1-5-9-26)20-24-23-19(31-20)16-14-18(32-15-16)33(29,30)27-12-10-25(11-13-27)17-6-2-3-7-22-17/h2-3,6-7,14-15H,1,4-5,8-13H2. The average molecular weight is 489 g/mol. The highest BCUT2D eigenvalue weighted by Gasteiger charge is 2.31. The zero-order valence-corrected chi connectivity index (χ0v) is 19.6. The lowest BCUT2D eigenvalue weighted by Gasteiger charge is -2.34. The van der Waals surface area contributed by atoms with Crippen molar-refractivity contribution in [3.8, 4) is 11.5 Å². The number of hydrogen-bond donors (Lipinski definition) is 0. The van der Waals surface area contributed by atoms with E-state index in [0.717, 1.165) is 36.4 Å². The fourth-order valence-electron chi connectivity index (χ4n) is 4.05. The maximum atomic E-state index is 13.2. The largest absolute Gasteiger partial charge is 0.412 e. The van der Waals surface area contributed by atoms with Gasteiger partial charge in [-0.3, -0.25) is 4.79 Å². The van der Waals surface area contributed by atoms with Gasteiger partial charge in [0, 0.05) is 50.8 Å². The average Bonchev–Trinajstić information content (AvgIpc) is 3.55. The minimum Gasteiger partial charge on any atom is -0.412 e. The number of nitrogens with zero attached hydrogens (tertiary/aromatic N) is 6. The molecule has 5 heterocycles. The Bertz CT molecular complexity index is 1210. The molecule has 10 nitrogen and oxygen atoms in total. The van der Waals surface area contributed by atoms with E-state index in [2.05, 4.69) is 20.1 Å². The first-order chi connectivity index (χ1) is 16.0. The number of carbonyl (C=O) groups excluding carboxylic acids is 1. The molecule has 1 amide bonds. The van der Waals surface area contributed by atoms with Crippen molar-refractivity contribution < 1.29 is 17.6 Å². The van der Waals surface area contributed by atoms with Crippen LogP contribution < -0.4 is 4.90 Å². The minimum atomic E-state index is -3.64. The van der Waals surface area contributed by atoms with Crippen LogP contribution in [-0.2, 0) is 10.0 Å². The Hall–Kier alpha value is -2.83. The van der Waals surface area contributed by atoms with Gasteiger partial charge in [0.1, 0.15) is 10.0 Å². The highest BCUT2D eigenvalue weighted by Crippen LogP contribution is 2.30. The summed E-state index contributed by atoms with van der Waals surface area (Å²) in [5, 5.41) is 9.53. The van der Waals surface area contributed by atoms with Crippen molar-refractivity contribution in [1.29, 1.82) is 0 Å². The zero-order valence-electron chi connectivity index (χ0n) is 18.0. The number of thiophene rings is 1. The molecule has 0 atom stereocenters. The van der Waals surface area contributed by atoms with E-state index in [9.17, 15) is 13.2 Å². The van der Waals surface area contributed by atoms with Crippen molar-refractivity contribution in [2.75, 3.05) is 44.2 Å². The second-order valence-electron chi connectivity index (χ2n) is 8.00.